The number of amides is 2. The first-order valence-corrected chi connectivity index (χ1v) is 8.05. The number of nitrogens with zero attached hydrogens (tertiary/aromatic N) is 1. The predicted molar refractivity (Wildman–Crippen MR) is 90.2 cm³/mol. The normalized spacial score (nSPS) is 12.0. The van der Waals surface area contributed by atoms with Crippen LogP contribution in [0, 0.1) is 0 Å². The summed E-state index contributed by atoms with van der Waals surface area (Å²) in [5.74, 6) is -2.20. The maximum atomic E-state index is 12.2. The van der Waals surface area contributed by atoms with Crippen LogP contribution < -0.4 is 10.7 Å². The van der Waals surface area contributed by atoms with E-state index in [0.717, 1.165) is 25.7 Å². The van der Waals surface area contributed by atoms with Crippen molar-refractivity contribution >= 4 is 23.2 Å². The third-order valence-electron chi connectivity index (χ3n) is 3.42. The van der Waals surface area contributed by atoms with E-state index in [2.05, 4.69) is 17.5 Å². The van der Waals surface area contributed by atoms with Gasteiger partial charge in [-0.2, -0.15) is 18.3 Å². The fraction of sp³-hybridized carbons (Fsp3) is 0.471. The molecule has 0 spiro atoms. The number of nitrogens with one attached hydrogen (secondary N) is 2. The van der Waals surface area contributed by atoms with Gasteiger partial charge in [0.05, 0.1) is 5.71 Å². The van der Waals surface area contributed by atoms with Crippen molar-refractivity contribution in [1.82, 2.24) is 5.43 Å². The number of rotatable bonds is 8. The topological polar surface area (TPSA) is 70.6 Å². The van der Waals surface area contributed by atoms with E-state index in [1.165, 1.54) is 24.3 Å². The molecule has 138 valence electrons. The van der Waals surface area contributed by atoms with E-state index in [-0.39, 0.29) is 11.6 Å². The van der Waals surface area contributed by atoms with Gasteiger partial charge in [-0.25, -0.2) is 5.43 Å². The first-order chi connectivity index (χ1) is 11.7. The average molecular weight is 357 g/mol. The highest BCUT2D eigenvalue weighted by atomic mass is 19.4. The highest BCUT2D eigenvalue weighted by molar-refractivity contribution is 6.00. The van der Waals surface area contributed by atoms with Gasteiger partial charge in [0.25, 0.3) is 0 Å². The molecule has 2 N–H and O–H groups in total. The smallest absolute Gasteiger partial charge is 0.318 e. The second kappa shape index (κ2) is 9.80. The van der Waals surface area contributed by atoms with Gasteiger partial charge in [-0.05, 0) is 31.0 Å². The lowest BCUT2D eigenvalue weighted by molar-refractivity contribution is -0.167. The number of carbonyl (C=O) groups is 2. The Kier molecular flexibility index (Phi) is 8.10. The molecule has 0 saturated heterocycles. The monoisotopic (exact) mass is 357 g/mol. The van der Waals surface area contributed by atoms with Gasteiger partial charge in [-0.1, -0.05) is 38.3 Å². The van der Waals surface area contributed by atoms with Gasteiger partial charge in [0.15, 0.2) is 0 Å². The SMILES string of the molecule is CCCCCCC(=O)NN=C(C)c1ccc(NC(=O)C(F)(F)F)cc1. The van der Waals surface area contributed by atoms with Crippen molar-refractivity contribution in [3.05, 3.63) is 29.8 Å². The van der Waals surface area contributed by atoms with Crippen molar-refractivity contribution in [2.24, 2.45) is 5.10 Å². The summed E-state index contributed by atoms with van der Waals surface area (Å²) in [5, 5.41) is 5.73. The van der Waals surface area contributed by atoms with E-state index in [9.17, 15) is 22.8 Å². The molecule has 0 heterocycles. The van der Waals surface area contributed by atoms with E-state index in [1.54, 1.807) is 12.2 Å². The molecule has 1 rings (SSSR count). The number of benzene rings is 1. The van der Waals surface area contributed by atoms with Crippen molar-refractivity contribution < 1.29 is 22.8 Å². The molecular weight excluding hydrogens is 335 g/mol. The molecule has 8 heteroatoms. The van der Waals surface area contributed by atoms with Gasteiger partial charge in [-0.3, -0.25) is 9.59 Å². The van der Waals surface area contributed by atoms with Gasteiger partial charge in [-0.15, -0.1) is 0 Å². The summed E-state index contributed by atoms with van der Waals surface area (Å²) in [5.41, 5.74) is 3.61. The number of hydrazone groups is 1. The summed E-state index contributed by atoms with van der Waals surface area (Å²) in [4.78, 5) is 22.5. The summed E-state index contributed by atoms with van der Waals surface area (Å²) in [6, 6.07) is 5.70. The minimum Gasteiger partial charge on any atom is -0.318 e. The summed E-state index contributed by atoms with van der Waals surface area (Å²) in [6.45, 7) is 3.76. The minimum atomic E-state index is -4.93. The highest BCUT2D eigenvalue weighted by Gasteiger charge is 2.38. The van der Waals surface area contributed by atoms with Crippen molar-refractivity contribution in [2.75, 3.05) is 5.32 Å². The second-order valence-corrected chi connectivity index (χ2v) is 5.57. The fourth-order valence-corrected chi connectivity index (χ4v) is 1.98. The van der Waals surface area contributed by atoms with Crippen LogP contribution in [-0.2, 0) is 9.59 Å². The second-order valence-electron chi connectivity index (χ2n) is 5.57. The van der Waals surface area contributed by atoms with E-state index < -0.39 is 12.1 Å². The van der Waals surface area contributed by atoms with Crippen LogP contribution in [0.5, 0.6) is 0 Å². The number of carbonyl (C=O) groups excluding carboxylic acids is 2. The van der Waals surface area contributed by atoms with Gasteiger partial charge in [0.2, 0.25) is 5.91 Å². The van der Waals surface area contributed by atoms with Crippen molar-refractivity contribution in [3.63, 3.8) is 0 Å². The Labute approximate surface area is 144 Å². The molecule has 0 fully saturated rings. The summed E-state index contributed by atoms with van der Waals surface area (Å²) < 4.78 is 36.5. The van der Waals surface area contributed by atoms with E-state index >= 15 is 0 Å². The van der Waals surface area contributed by atoms with Crippen LogP contribution in [0.25, 0.3) is 0 Å². The standard InChI is InChI=1S/C17H22F3N3O2/c1-3-4-5-6-7-15(24)23-22-12(2)13-8-10-14(11-9-13)21-16(25)17(18,19)20/h8-11H,3-7H2,1-2H3,(H,21,25)(H,23,24). The van der Waals surface area contributed by atoms with Gasteiger partial charge in [0.1, 0.15) is 0 Å². The Morgan fingerprint density at radius 1 is 1.08 bits per heavy atom. The lowest BCUT2D eigenvalue weighted by Gasteiger charge is -2.08. The van der Waals surface area contributed by atoms with Crippen LogP contribution in [0.4, 0.5) is 18.9 Å². The number of hydrogen-bond acceptors (Lipinski definition) is 3. The number of halogens is 3. The fourth-order valence-electron chi connectivity index (χ4n) is 1.98. The van der Waals surface area contributed by atoms with Gasteiger partial charge < -0.3 is 5.32 Å². The van der Waals surface area contributed by atoms with Crippen LogP contribution >= 0.6 is 0 Å². The zero-order valence-corrected chi connectivity index (χ0v) is 14.2. The Hall–Kier alpha value is -2.38. The predicted octanol–water partition coefficient (Wildman–Crippen LogP) is 4.00. The molecule has 0 atom stereocenters. The van der Waals surface area contributed by atoms with Crippen LogP contribution in [0.15, 0.2) is 29.4 Å². The third-order valence-corrected chi connectivity index (χ3v) is 3.42. The molecule has 5 nitrogen and oxygen atoms in total. The molecule has 0 radical (unpaired) electrons. The maximum absolute atomic E-state index is 12.2. The molecular formula is C17H22F3N3O2. The Morgan fingerprint density at radius 2 is 1.72 bits per heavy atom. The van der Waals surface area contributed by atoms with Crippen molar-refractivity contribution in [3.8, 4) is 0 Å². The van der Waals surface area contributed by atoms with Crippen LogP contribution in [0.3, 0.4) is 0 Å². The molecule has 25 heavy (non-hydrogen) atoms. The van der Waals surface area contributed by atoms with Gasteiger partial charge in [0, 0.05) is 12.1 Å². The summed E-state index contributed by atoms with van der Waals surface area (Å²) in [7, 11) is 0. The first-order valence-electron chi connectivity index (χ1n) is 8.05. The molecule has 0 aliphatic rings. The summed E-state index contributed by atoms with van der Waals surface area (Å²) in [6.07, 6.45) is -0.540. The molecule has 0 saturated carbocycles. The minimum absolute atomic E-state index is 0.0267. The molecule has 2 amide bonds. The largest absolute Gasteiger partial charge is 0.471 e. The molecule has 0 aromatic heterocycles. The molecule has 1 aromatic carbocycles. The Morgan fingerprint density at radius 3 is 2.28 bits per heavy atom. The van der Waals surface area contributed by atoms with Crippen LogP contribution in [0.1, 0.15) is 51.5 Å². The van der Waals surface area contributed by atoms with Gasteiger partial charge >= 0.3 is 12.1 Å². The maximum Gasteiger partial charge on any atom is 0.471 e. The first kappa shape index (κ1) is 20.7. The molecule has 0 bridgehead atoms. The lowest BCUT2D eigenvalue weighted by Crippen LogP contribution is -2.29. The highest BCUT2D eigenvalue weighted by Crippen LogP contribution is 2.18. The quantitative estimate of drug-likeness (QED) is 0.419. The molecule has 0 aliphatic heterocycles. The number of alkyl halides is 3. The lowest BCUT2D eigenvalue weighted by atomic mass is 10.1. The van der Waals surface area contributed by atoms with E-state index in [0.29, 0.717) is 17.7 Å². The van der Waals surface area contributed by atoms with E-state index in [4.69, 9.17) is 0 Å². The molecule has 0 unspecified atom stereocenters. The Balaban J connectivity index is 2.54. The van der Waals surface area contributed by atoms with Crippen LogP contribution in [0.2, 0.25) is 0 Å². The average Bonchev–Trinajstić information content (AvgIpc) is 2.56. The zero-order valence-electron chi connectivity index (χ0n) is 14.2. The van der Waals surface area contributed by atoms with Crippen molar-refractivity contribution in [1.29, 1.82) is 0 Å². The van der Waals surface area contributed by atoms with Crippen molar-refractivity contribution in [2.45, 2.75) is 52.1 Å². The number of hydrogen-bond donors (Lipinski definition) is 2. The number of unbranched alkanes of at least 4 members (excludes halogenated alkanes) is 3. The third kappa shape index (κ3) is 7.82. The van der Waals surface area contributed by atoms with Crippen LogP contribution in [-0.4, -0.2) is 23.7 Å². The Bertz CT molecular complexity index is 611. The molecule has 0 aliphatic carbocycles. The summed E-state index contributed by atoms with van der Waals surface area (Å²) >= 11 is 0. The zero-order chi connectivity index (χ0) is 18.9. The molecule has 1 aromatic rings. The van der Waals surface area contributed by atoms with E-state index in [1.807, 2.05) is 0 Å². The number of anilines is 1.